The van der Waals surface area contributed by atoms with Crippen molar-refractivity contribution in [3.8, 4) is 11.8 Å². The SMILES string of the molecule is CCC(C)COc1ccc(/C(C#N)=C/c2cc3sc(N=Nc4ccc(N(CC)CC)cc4)nc3s2)cc1. The van der Waals surface area contributed by atoms with Gasteiger partial charge in [-0.15, -0.1) is 21.6 Å². The van der Waals surface area contributed by atoms with Gasteiger partial charge >= 0.3 is 0 Å². The lowest BCUT2D eigenvalue weighted by molar-refractivity contribution is 0.256. The van der Waals surface area contributed by atoms with E-state index >= 15 is 0 Å². The molecule has 0 bridgehead atoms. The van der Waals surface area contributed by atoms with Gasteiger partial charge in [0.2, 0.25) is 5.13 Å². The van der Waals surface area contributed by atoms with Crippen molar-refractivity contribution < 1.29 is 4.74 Å². The highest BCUT2D eigenvalue weighted by atomic mass is 32.1. The van der Waals surface area contributed by atoms with Crippen LogP contribution in [0.2, 0.25) is 0 Å². The first kappa shape index (κ1) is 26.5. The smallest absolute Gasteiger partial charge is 0.231 e. The molecule has 1 atom stereocenters. The molecule has 0 spiro atoms. The van der Waals surface area contributed by atoms with E-state index in [-0.39, 0.29) is 0 Å². The number of hydrogen-bond acceptors (Lipinski definition) is 8. The molecular weight excluding hydrogens is 498 g/mol. The molecule has 0 amide bonds. The normalized spacial score (nSPS) is 12.7. The van der Waals surface area contributed by atoms with Gasteiger partial charge in [0.1, 0.15) is 10.6 Å². The molecule has 0 saturated carbocycles. The van der Waals surface area contributed by atoms with Crippen molar-refractivity contribution in [3.05, 3.63) is 65.0 Å². The number of nitriles is 1. The first-order valence-electron chi connectivity index (χ1n) is 12.5. The van der Waals surface area contributed by atoms with Crippen LogP contribution < -0.4 is 9.64 Å². The summed E-state index contributed by atoms with van der Waals surface area (Å²) < 4.78 is 6.87. The summed E-state index contributed by atoms with van der Waals surface area (Å²) in [4.78, 5) is 8.79. The van der Waals surface area contributed by atoms with Gasteiger partial charge in [-0.1, -0.05) is 31.6 Å². The Bertz CT molecular complexity index is 1380. The second-order valence-electron chi connectivity index (χ2n) is 8.72. The Morgan fingerprint density at radius 2 is 1.78 bits per heavy atom. The fourth-order valence-corrected chi connectivity index (χ4v) is 5.67. The average molecular weight is 530 g/mol. The van der Waals surface area contributed by atoms with Crippen LogP contribution in [-0.4, -0.2) is 24.7 Å². The van der Waals surface area contributed by atoms with E-state index in [2.05, 4.69) is 72.1 Å². The Hall–Kier alpha value is -3.54. The van der Waals surface area contributed by atoms with Crippen LogP contribution in [-0.2, 0) is 0 Å². The van der Waals surface area contributed by atoms with Gasteiger partial charge in [-0.3, -0.25) is 0 Å². The van der Waals surface area contributed by atoms with Gasteiger partial charge in [-0.05, 0) is 86.0 Å². The van der Waals surface area contributed by atoms with Crippen LogP contribution in [0.5, 0.6) is 5.75 Å². The number of azo groups is 1. The Labute approximate surface area is 226 Å². The number of allylic oxidation sites excluding steroid dienone is 1. The molecular formula is C29H31N5OS2. The number of benzene rings is 2. The third kappa shape index (κ3) is 6.82. The van der Waals surface area contributed by atoms with Gasteiger partial charge in [0.15, 0.2) is 0 Å². The van der Waals surface area contributed by atoms with Gasteiger partial charge in [-0.2, -0.15) is 5.26 Å². The molecule has 2 aromatic heterocycles. The van der Waals surface area contributed by atoms with E-state index < -0.39 is 0 Å². The number of ether oxygens (including phenoxy) is 1. The van der Waals surface area contributed by atoms with E-state index in [4.69, 9.17) is 4.74 Å². The molecule has 1 unspecified atom stereocenters. The number of rotatable bonds is 11. The fourth-order valence-electron chi connectivity index (χ4n) is 3.68. The lowest BCUT2D eigenvalue weighted by Gasteiger charge is -2.20. The number of fused-ring (bicyclic) bond motifs is 1. The van der Waals surface area contributed by atoms with Crippen molar-refractivity contribution in [2.75, 3.05) is 24.6 Å². The second-order valence-corrected chi connectivity index (χ2v) is 10.8. The zero-order chi connectivity index (χ0) is 26.2. The highest BCUT2D eigenvalue weighted by Crippen LogP contribution is 2.36. The fraction of sp³-hybridized carbons (Fsp3) is 0.310. The van der Waals surface area contributed by atoms with Gasteiger partial charge in [0.05, 0.1) is 28.6 Å². The van der Waals surface area contributed by atoms with E-state index in [0.29, 0.717) is 23.2 Å². The molecule has 37 heavy (non-hydrogen) atoms. The summed E-state index contributed by atoms with van der Waals surface area (Å²) >= 11 is 3.04. The predicted molar refractivity (Wildman–Crippen MR) is 157 cm³/mol. The summed E-state index contributed by atoms with van der Waals surface area (Å²) in [5, 5.41) is 19.1. The number of anilines is 1. The molecule has 2 aromatic carbocycles. The molecule has 0 aliphatic carbocycles. The number of hydrogen-bond donors (Lipinski definition) is 0. The Kier molecular flexibility index (Phi) is 9.04. The van der Waals surface area contributed by atoms with Gasteiger partial charge in [-0.25, -0.2) is 4.98 Å². The monoisotopic (exact) mass is 529 g/mol. The summed E-state index contributed by atoms with van der Waals surface area (Å²) in [7, 11) is 0. The van der Waals surface area contributed by atoms with Crippen LogP contribution in [0.3, 0.4) is 0 Å². The Balaban J connectivity index is 1.44. The topological polar surface area (TPSA) is 73.9 Å². The number of aromatic nitrogens is 1. The van der Waals surface area contributed by atoms with Crippen LogP contribution in [0, 0.1) is 17.2 Å². The molecule has 8 heteroatoms. The molecule has 0 fully saturated rings. The van der Waals surface area contributed by atoms with E-state index in [1.165, 1.54) is 17.0 Å². The predicted octanol–water partition coefficient (Wildman–Crippen LogP) is 9.11. The number of nitrogens with zero attached hydrogens (tertiary/aromatic N) is 5. The highest BCUT2D eigenvalue weighted by Gasteiger charge is 2.10. The van der Waals surface area contributed by atoms with E-state index in [0.717, 1.165) is 50.9 Å². The molecule has 0 aliphatic heterocycles. The molecule has 190 valence electrons. The first-order chi connectivity index (χ1) is 18.0. The third-order valence-electron chi connectivity index (χ3n) is 6.13. The molecule has 4 aromatic rings. The van der Waals surface area contributed by atoms with Crippen LogP contribution in [0.15, 0.2) is 64.8 Å². The summed E-state index contributed by atoms with van der Waals surface area (Å²) in [6, 6.07) is 20.2. The zero-order valence-corrected chi connectivity index (χ0v) is 23.3. The number of thiophene rings is 1. The molecule has 0 N–H and O–H groups in total. The number of thiazole rings is 1. The lowest BCUT2D eigenvalue weighted by atomic mass is 10.1. The van der Waals surface area contributed by atoms with E-state index in [9.17, 15) is 5.26 Å². The minimum atomic E-state index is 0.515. The van der Waals surface area contributed by atoms with Crippen molar-refractivity contribution >= 4 is 60.4 Å². The van der Waals surface area contributed by atoms with Crippen LogP contribution in [0.1, 0.15) is 44.6 Å². The van der Waals surface area contributed by atoms with Gasteiger partial charge < -0.3 is 9.64 Å². The maximum atomic E-state index is 9.75. The average Bonchev–Trinajstić information content (AvgIpc) is 3.49. The molecule has 2 heterocycles. The standard InChI is InChI=1S/C29H31N5OS2/c1-5-20(4)19-35-25-14-8-21(9-15-25)22(18-30)16-26-17-27-28(36-26)31-29(37-27)33-32-23-10-12-24(13-11-23)34(6-2)7-3/h8-17,20H,5-7,19H2,1-4H3/b22-16+,33-32?. The summed E-state index contributed by atoms with van der Waals surface area (Å²) in [6.07, 6.45) is 2.99. The van der Waals surface area contributed by atoms with Crippen LogP contribution >= 0.6 is 22.7 Å². The van der Waals surface area contributed by atoms with Crippen molar-refractivity contribution in [1.82, 2.24) is 4.98 Å². The lowest BCUT2D eigenvalue weighted by Crippen LogP contribution is -2.21. The summed E-state index contributed by atoms with van der Waals surface area (Å²) in [6.45, 7) is 11.3. The maximum Gasteiger partial charge on any atom is 0.231 e. The van der Waals surface area contributed by atoms with Crippen molar-refractivity contribution in [3.63, 3.8) is 0 Å². The maximum absolute atomic E-state index is 9.75. The van der Waals surface area contributed by atoms with E-state index in [1.807, 2.05) is 42.5 Å². The molecule has 0 radical (unpaired) electrons. The summed E-state index contributed by atoms with van der Waals surface area (Å²) in [5.74, 6) is 1.34. The highest BCUT2D eigenvalue weighted by molar-refractivity contribution is 7.29. The van der Waals surface area contributed by atoms with E-state index in [1.54, 1.807) is 11.3 Å². The van der Waals surface area contributed by atoms with Crippen LogP contribution in [0.25, 0.3) is 21.2 Å². The first-order valence-corrected chi connectivity index (χ1v) is 14.2. The van der Waals surface area contributed by atoms with Gasteiger partial charge in [0, 0.05) is 23.7 Å². The minimum absolute atomic E-state index is 0.515. The quantitative estimate of drug-likeness (QED) is 0.143. The largest absolute Gasteiger partial charge is 0.493 e. The summed E-state index contributed by atoms with van der Waals surface area (Å²) in [5.41, 5.74) is 3.45. The zero-order valence-electron chi connectivity index (χ0n) is 21.6. The van der Waals surface area contributed by atoms with Crippen molar-refractivity contribution in [1.29, 1.82) is 5.26 Å². The second kappa shape index (κ2) is 12.6. The van der Waals surface area contributed by atoms with Crippen molar-refractivity contribution in [2.24, 2.45) is 16.1 Å². The molecule has 0 saturated heterocycles. The van der Waals surface area contributed by atoms with Gasteiger partial charge in [0.25, 0.3) is 0 Å². The Morgan fingerprint density at radius 1 is 1.05 bits per heavy atom. The molecule has 6 nitrogen and oxygen atoms in total. The molecule has 4 rings (SSSR count). The third-order valence-corrected chi connectivity index (χ3v) is 8.12. The molecule has 0 aliphatic rings. The van der Waals surface area contributed by atoms with Crippen molar-refractivity contribution in [2.45, 2.75) is 34.1 Å². The minimum Gasteiger partial charge on any atom is -0.493 e. The van der Waals surface area contributed by atoms with Crippen LogP contribution in [0.4, 0.5) is 16.5 Å². The Morgan fingerprint density at radius 3 is 2.41 bits per heavy atom.